The van der Waals surface area contributed by atoms with Crippen molar-refractivity contribution in [1.82, 2.24) is 4.90 Å². The summed E-state index contributed by atoms with van der Waals surface area (Å²) in [5.41, 5.74) is 0. The van der Waals surface area contributed by atoms with Crippen molar-refractivity contribution in [2.45, 2.75) is 45.1 Å². The van der Waals surface area contributed by atoms with E-state index in [4.69, 9.17) is 4.42 Å². The van der Waals surface area contributed by atoms with E-state index in [1.54, 1.807) is 12.1 Å². The Morgan fingerprint density at radius 3 is 2.65 bits per heavy atom. The summed E-state index contributed by atoms with van der Waals surface area (Å²) in [7, 11) is 0. The van der Waals surface area contributed by atoms with Gasteiger partial charge < -0.3 is 9.32 Å². The van der Waals surface area contributed by atoms with Gasteiger partial charge in [0, 0.05) is 12.6 Å². The van der Waals surface area contributed by atoms with Crippen LogP contribution < -0.4 is 0 Å². The van der Waals surface area contributed by atoms with E-state index in [2.05, 4.69) is 15.9 Å². The first-order valence-corrected chi connectivity index (χ1v) is 7.08. The zero-order valence-electron chi connectivity index (χ0n) is 10.1. The zero-order chi connectivity index (χ0) is 12.3. The molecule has 1 saturated carbocycles. The third kappa shape index (κ3) is 2.92. The Balaban J connectivity index is 2.09. The molecule has 0 N–H and O–H groups in total. The highest BCUT2D eigenvalue weighted by Gasteiger charge is 2.26. The van der Waals surface area contributed by atoms with Crippen LogP contribution in [0.5, 0.6) is 0 Å². The minimum absolute atomic E-state index is 0.0186. The molecule has 0 spiro atoms. The molecule has 1 heterocycles. The molecule has 1 aliphatic rings. The van der Waals surface area contributed by atoms with E-state index in [0.29, 0.717) is 16.5 Å². The first-order chi connectivity index (χ1) is 8.22. The lowest BCUT2D eigenvalue weighted by Gasteiger charge is -2.32. The molecule has 2 rings (SSSR count). The molecule has 0 unspecified atom stereocenters. The Hall–Kier alpha value is -0.770. The summed E-state index contributed by atoms with van der Waals surface area (Å²) in [6, 6.07) is 3.89. The second-order valence-corrected chi connectivity index (χ2v) is 5.27. The van der Waals surface area contributed by atoms with Crippen molar-refractivity contribution in [2.24, 2.45) is 0 Å². The standard InChI is InChI=1S/C13H18BrNO2/c1-2-15(10-6-4-3-5-7-10)13(16)11-8-9-12(14)17-11/h8-10H,2-7H2,1H3. The number of rotatable bonds is 3. The van der Waals surface area contributed by atoms with Crippen LogP contribution >= 0.6 is 15.9 Å². The molecule has 1 amide bonds. The van der Waals surface area contributed by atoms with Crippen molar-refractivity contribution >= 4 is 21.8 Å². The monoisotopic (exact) mass is 299 g/mol. The summed E-state index contributed by atoms with van der Waals surface area (Å²) in [4.78, 5) is 14.2. The van der Waals surface area contributed by atoms with Gasteiger partial charge in [0.1, 0.15) is 0 Å². The van der Waals surface area contributed by atoms with Crippen LogP contribution in [0.1, 0.15) is 49.6 Å². The summed E-state index contributed by atoms with van der Waals surface area (Å²) in [6.45, 7) is 2.78. The zero-order valence-corrected chi connectivity index (χ0v) is 11.7. The van der Waals surface area contributed by atoms with E-state index < -0.39 is 0 Å². The molecule has 0 bridgehead atoms. The smallest absolute Gasteiger partial charge is 0.289 e. The molecule has 0 saturated heterocycles. The van der Waals surface area contributed by atoms with E-state index in [1.807, 2.05) is 11.8 Å². The number of hydrogen-bond donors (Lipinski definition) is 0. The van der Waals surface area contributed by atoms with Gasteiger partial charge in [-0.05, 0) is 47.8 Å². The fourth-order valence-corrected chi connectivity index (χ4v) is 2.84. The predicted octanol–water partition coefficient (Wildman–Crippen LogP) is 3.84. The van der Waals surface area contributed by atoms with Crippen molar-refractivity contribution in [2.75, 3.05) is 6.54 Å². The summed E-state index contributed by atoms with van der Waals surface area (Å²) in [5.74, 6) is 0.453. The maximum atomic E-state index is 12.3. The Kier molecular flexibility index (Phi) is 4.26. The average molecular weight is 300 g/mol. The van der Waals surface area contributed by atoms with Gasteiger partial charge in [-0.15, -0.1) is 0 Å². The molecule has 0 aromatic carbocycles. The van der Waals surface area contributed by atoms with E-state index in [-0.39, 0.29) is 5.91 Å². The molecule has 0 aliphatic heterocycles. The maximum Gasteiger partial charge on any atom is 0.289 e. The summed E-state index contributed by atoms with van der Waals surface area (Å²) >= 11 is 3.23. The average Bonchev–Trinajstić information content (AvgIpc) is 2.78. The Bertz CT molecular complexity index is 383. The lowest BCUT2D eigenvalue weighted by Crippen LogP contribution is -2.41. The van der Waals surface area contributed by atoms with Crippen LogP contribution in [0.3, 0.4) is 0 Å². The van der Waals surface area contributed by atoms with Gasteiger partial charge in [-0.1, -0.05) is 19.3 Å². The van der Waals surface area contributed by atoms with Gasteiger partial charge in [0.05, 0.1) is 0 Å². The molecule has 1 aromatic heterocycles. The van der Waals surface area contributed by atoms with E-state index in [0.717, 1.165) is 19.4 Å². The van der Waals surface area contributed by atoms with Crippen LogP contribution in [0, 0.1) is 0 Å². The number of nitrogens with zero attached hydrogens (tertiary/aromatic N) is 1. The second kappa shape index (κ2) is 5.71. The molecule has 1 fully saturated rings. The summed E-state index contributed by atoms with van der Waals surface area (Å²) in [6.07, 6.45) is 6.02. The Morgan fingerprint density at radius 1 is 1.41 bits per heavy atom. The number of amides is 1. The Morgan fingerprint density at radius 2 is 2.12 bits per heavy atom. The van der Waals surface area contributed by atoms with Crippen LogP contribution in [0.15, 0.2) is 21.2 Å². The van der Waals surface area contributed by atoms with Crippen LogP contribution in [-0.4, -0.2) is 23.4 Å². The molecule has 1 aromatic rings. The van der Waals surface area contributed by atoms with Crippen molar-refractivity contribution in [3.63, 3.8) is 0 Å². The molecule has 17 heavy (non-hydrogen) atoms. The van der Waals surface area contributed by atoms with Gasteiger partial charge in [0.15, 0.2) is 10.4 Å². The van der Waals surface area contributed by atoms with Gasteiger partial charge in [0.2, 0.25) is 0 Å². The highest BCUT2D eigenvalue weighted by Crippen LogP contribution is 2.24. The maximum absolute atomic E-state index is 12.3. The third-order valence-corrected chi connectivity index (χ3v) is 3.83. The molecular weight excluding hydrogens is 282 g/mol. The van der Waals surface area contributed by atoms with E-state index >= 15 is 0 Å². The van der Waals surface area contributed by atoms with Crippen LogP contribution in [0.2, 0.25) is 0 Å². The lowest BCUT2D eigenvalue weighted by molar-refractivity contribution is 0.0614. The third-order valence-electron chi connectivity index (χ3n) is 3.40. The minimum atomic E-state index is 0.0186. The first-order valence-electron chi connectivity index (χ1n) is 6.28. The summed E-state index contributed by atoms with van der Waals surface area (Å²) in [5, 5.41) is 0. The molecule has 0 radical (unpaired) electrons. The molecule has 3 nitrogen and oxygen atoms in total. The van der Waals surface area contributed by atoms with Gasteiger partial charge >= 0.3 is 0 Å². The van der Waals surface area contributed by atoms with Gasteiger partial charge in [-0.2, -0.15) is 0 Å². The van der Waals surface area contributed by atoms with Crippen LogP contribution in [0.4, 0.5) is 0 Å². The quantitative estimate of drug-likeness (QED) is 0.850. The predicted molar refractivity (Wildman–Crippen MR) is 70.0 cm³/mol. The van der Waals surface area contributed by atoms with Gasteiger partial charge in [0.25, 0.3) is 5.91 Å². The van der Waals surface area contributed by atoms with Crippen molar-refractivity contribution in [1.29, 1.82) is 0 Å². The lowest BCUT2D eigenvalue weighted by atomic mass is 9.94. The number of halogens is 1. The summed E-state index contributed by atoms with van der Waals surface area (Å²) < 4.78 is 5.96. The Labute approximate surface area is 110 Å². The van der Waals surface area contributed by atoms with Crippen LogP contribution in [0.25, 0.3) is 0 Å². The number of carbonyl (C=O) groups excluding carboxylic acids is 1. The van der Waals surface area contributed by atoms with Crippen molar-refractivity contribution in [3.05, 3.63) is 22.6 Å². The normalized spacial score (nSPS) is 17.1. The minimum Gasteiger partial charge on any atom is -0.444 e. The highest BCUT2D eigenvalue weighted by atomic mass is 79.9. The SMILES string of the molecule is CCN(C(=O)c1ccc(Br)o1)C1CCCCC1. The largest absolute Gasteiger partial charge is 0.444 e. The fourth-order valence-electron chi connectivity index (χ4n) is 2.53. The number of carbonyl (C=O) groups is 1. The topological polar surface area (TPSA) is 33.5 Å². The van der Waals surface area contributed by atoms with Crippen molar-refractivity contribution < 1.29 is 9.21 Å². The second-order valence-electron chi connectivity index (χ2n) is 4.49. The van der Waals surface area contributed by atoms with Crippen molar-refractivity contribution in [3.8, 4) is 0 Å². The number of furan rings is 1. The van der Waals surface area contributed by atoms with E-state index in [9.17, 15) is 4.79 Å². The molecule has 4 heteroatoms. The highest BCUT2D eigenvalue weighted by molar-refractivity contribution is 9.10. The van der Waals surface area contributed by atoms with Gasteiger partial charge in [-0.3, -0.25) is 4.79 Å². The molecule has 0 atom stereocenters. The van der Waals surface area contributed by atoms with E-state index in [1.165, 1.54) is 19.3 Å². The molecule has 94 valence electrons. The molecule has 1 aliphatic carbocycles. The number of hydrogen-bond acceptors (Lipinski definition) is 2. The first kappa shape index (κ1) is 12.7. The van der Waals surface area contributed by atoms with Gasteiger partial charge in [-0.25, -0.2) is 0 Å². The fraction of sp³-hybridized carbons (Fsp3) is 0.615. The molecular formula is C13H18BrNO2. The van der Waals surface area contributed by atoms with Crippen LogP contribution in [-0.2, 0) is 0 Å².